The maximum absolute atomic E-state index is 6.05. The maximum atomic E-state index is 6.05. The van der Waals surface area contributed by atoms with Gasteiger partial charge in [0.05, 0.1) is 28.5 Å². The third-order valence-electron chi connectivity index (χ3n) is 2.43. The zero-order valence-corrected chi connectivity index (χ0v) is 10.8. The quantitative estimate of drug-likeness (QED) is 0.819. The van der Waals surface area contributed by atoms with Gasteiger partial charge in [-0.3, -0.25) is 15.0 Å². The third kappa shape index (κ3) is 2.77. The molecule has 0 aliphatic rings. The van der Waals surface area contributed by atoms with E-state index in [9.17, 15) is 0 Å². The van der Waals surface area contributed by atoms with E-state index in [1.165, 1.54) is 0 Å². The number of nitrogens with zero attached hydrogens (tertiary/aromatic N) is 4. The van der Waals surface area contributed by atoms with Gasteiger partial charge < -0.3 is 0 Å². The Morgan fingerprint density at radius 2 is 1.59 bits per heavy atom. The van der Waals surface area contributed by atoms with Gasteiger partial charge >= 0.3 is 0 Å². The lowest BCUT2D eigenvalue weighted by Gasteiger charge is -2.06. The van der Waals surface area contributed by atoms with E-state index in [0.717, 1.165) is 28.5 Å². The molecule has 2 rings (SSSR count). The molecule has 0 amide bonds. The predicted octanol–water partition coefficient (Wildman–Crippen LogP) is 2.44. The lowest BCUT2D eigenvalue weighted by Crippen LogP contribution is -2.03. The first-order valence-corrected chi connectivity index (χ1v) is 5.71. The minimum absolute atomic E-state index is 0.438. The van der Waals surface area contributed by atoms with Crippen LogP contribution in [0.15, 0.2) is 12.4 Å². The zero-order valence-electron chi connectivity index (χ0n) is 10.0. The molecule has 17 heavy (non-hydrogen) atoms. The van der Waals surface area contributed by atoms with Gasteiger partial charge in [0.2, 0.25) is 0 Å². The third-order valence-corrected chi connectivity index (χ3v) is 2.73. The normalized spacial score (nSPS) is 10.6. The fourth-order valence-electron chi connectivity index (χ4n) is 1.50. The topological polar surface area (TPSA) is 51.6 Å². The van der Waals surface area contributed by atoms with E-state index in [1.54, 1.807) is 12.4 Å². The Labute approximate surface area is 105 Å². The second kappa shape index (κ2) is 4.75. The minimum Gasteiger partial charge on any atom is -0.258 e. The number of aryl methyl sites for hydroxylation is 3. The van der Waals surface area contributed by atoms with Crippen LogP contribution >= 0.6 is 11.6 Å². The van der Waals surface area contributed by atoms with Crippen LogP contribution in [-0.4, -0.2) is 19.9 Å². The summed E-state index contributed by atoms with van der Waals surface area (Å²) < 4.78 is 0. The summed E-state index contributed by atoms with van der Waals surface area (Å²) in [4.78, 5) is 17.2. The second-order valence-corrected chi connectivity index (χ2v) is 4.33. The Bertz CT molecular complexity index is 554. The number of halogens is 1. The van der Waals surface area contributed by atoms with Crippen molar-refractivity contribution in [2.45, 2.75) is 27.2 Å². The van der Waals surface area contributed by atoms with E-state index < -0.39 is 0 Å². The fourth-order valence-corrected chi connectivity index (χ4v) is 1.75. The molecule has 0 saturated carbocycles. The molecule has 2 aromatic heterocycles. The molecule has 0 fully saturated rings. The maximum Gasteiger partial charge on any atom is 0.151 e. The molecule has 0 saturated heterocycles. The van der Waals surface area contributed by atoms with Crippen molar-refractivity contribution in [1.29, 1.82) is 0 Å². The molecular formula is C12H13ClN4. The summed E-state index contributed by atoms with van der Waals surface area (Å²) in [7, 11) is 0. The molecule has 0 N–H and O–H groups in total. The van der Waals surface area contributed by atoms with Crippen LogP contribution in [0.1, 0.15) is 28.5 Å². The zero-order chi connectivity index (χ0) is 12.4. The lowest BCUT2D eigenvalue weighted by molar-refractivity contribution is 0.912. The SMILES string of the molecule is Cc1cnc(Cc2nc(C)cnc2C)c(Cl)n1. The van der Waals surface area contributed by atoms with Gasteiger partial charge in [-0.25, -0.2) is 4.98 Å². The molecule has 0 bridgehead atoms. The van der Waals surface area contributed by atoms with Crippen LogP contribution in [0.4, 0.5) is 0 Å². The summed E-state index contributed by atoms with van der Waals surface area (Å²) in [6.07, 6.45) is 4.02. The smallest absolute Gasteiger partial charge is 0.151 e. The summed E-state index contributed by atoms with van der Waals surface area (Å²) in [5.41, 5.74) is 4.23. The molecule has 0 aliphatic carbocycles. The highest BCUT2D eigenvalue weighted by atomic mass is 35.5. The van der Waals surface area contributed by atoms with E-state index in [0.29, 0.717) is 11.6 Å². The van der Waals surface area contributed by atoms with Crippen molar-refractivity contribution >= 4 is 11.6 Å². The van der Waals surface area contributed by atoms with Crippen molar-refractivity contribution < 1.29 is 0 Å². The van der Waals surface area contributed by atoms with Crippen molar-refractivity contribution in [1.82, 2.24) is 19.9 Å². The Hall–Kier alpha value is -1.55. The summed E-state index contributed by atoms with van der Waals surface area (Å²) in [5.74, 6) is 0. The summed E-state index contributed by atoms with van der Waals surface area (Å²) in [5, 5.41) is 0.438. The average Bonchev–Trinajstić information content (AvgIpc) is 2.27. The number of rotatable bonds is 2. The Morgan fingerprint density at radius 3 is 2.29 bits per heavy atom. The van der Waals surface area contributed by atoms with Crippen LogP contribution in [0.2, 0.25) is 5.15 Å². The van der Waals surface area contributed by atoms with Crippen molar-refractivity contribution in [2.75, 3.05) is 0 Å². The molecular weight excluding hydrogens is 236 g/mol. The molecule has 2 heterocycles. The molecule has 4 nitrogen and oxygen atoms in total. The highest BCUT2D eigenvalue weighted by Gasteiger charge is 2.09. The average molecular weight is 249 g/mol. The Morgan fingerprint density at radius 1 is 0.941 bits per heavy atom. The first-order valence-electron chi connectivity index (χ1n) is 5.33. The van der Waals surface area contributed by atoms with E-state index in [-0.39, 0.29) is 0 Å². The van der Waals surface area contributed by atoms with Gasteiger partial charge in [-0.05, 0) is 20.8 Å². The van der Waals surface area contributed by atoms with E-state index >= 15 is 0 Å². The van der Waals surface area contributed by atoms with Gasteiger partial charge in [0.15, 0.2) is 5.15 Å². The van der Waals surface area contributed by atoms with E-state index in [2.05, 4.69) is 19.9 Å². The largest absolute Gasteiger partial charge is 0.258 e. The van der Waals surface area contributed by atoms with Gasteiger partial charge in [-0.1, -0.05) is 11.6 Å². The Balaban J connectivity index is 2.34. The molecule has 0 aromatic carbocycles. The fraction of sp³-hybridized carbons (Fsp3) is 0.333. The second-order valence-electron chi connectivity index (χ2n) is 3.97. The van der Waals surface area contributed by atoms with Crippen LogP contribution in [0.3, 0.4) is 0 Å². The highest BCUT2D eigenvalue weighted by Crippen LogP contribution is 2.15. The highest BCUT2D eigenvalue weighted by molar-refractivity contribution is 6.30. The molecule has 88 valence electrons. The van der Waals surface area contributed by atoms with Gasteiger partial charge in [0, 0.05) is 18.8 Å². The molecule has 2 aromatic rings. The molecule has 0 radical (unpaired) electrons. The van der Waals surface area contributed by atoms with Crippen LogP contribution in [0, 0.1) is 20.8 Å². The van der Waals surface area contributed by atoms with Gasteiger partial charge in [0.25, 0.3) is 0 Å². The summed E-state index contributed by atoms with van der Waals surface area (Å²) in [6, 6.07) is 0. The standard InChI is InChI=1S/C12H13ClN4/c1-7-5-14-9(3)10(16-7)4-11-12(13)17-8(2)6-15-11/h5-6H,4H2,1-3H3. The molecule has 0 unspecified atom stereocenters. The number of aromatic nitrogens is 4. The van der Waals surface area contributed by atoms with Crippen LogP contribution in [0.25, 0.3) is 0 Å². The molecule has 0 spiro atoms. The molecule has 0 aliphatic heterocycles. The Kier molecular flexibility index (Phi) is 3.33. The summed E-state index contributed by atoms with van der Waals surface area (Å²) >= 11 is 6.05. The van der Waals surface area contributed by atoms with Crippen molar-refractivity contribution in [3.8, 4) is 0 Å². The first kappa shape index (κ1) is 11.9. The van der Waals surface area contributed by atoms with Crippen LogP contribution in [0.5, 0.6) is 0 Å². The minimum atomic E-state index is 0.438. The monoisotopic (exact) mass is 248 g/mol. The number of hydrogen-bond donors (Lipinski definition) is 0. The lowest BCUT2D eigenvalue weighted by atomic mass is 10.2. The van der Waals surface area contributed by atoms with E-state index in [1.807, 2.05) is 20.8 Å². The molecule has 0 atom stereocenters. The van der Waals surface area contributed by atoms with Crippen molar-refractivity contribution in [2.24, 2.45) is 0 Å². The van der Waals surface area contributed by atoms with Crippen LogP contribution in [-0.2, 0) is 6.42 Å². The summed E-state index contributed by atoms with van der Waals surface area (Å²) in [6.45, 7) is 5.70. The number of hydrogen-bond acceptors (Lipinski definition) is 4. The predicted molar refractivity (Wildman–Crippen MR) is 66.1 cm³/mol. The van der Waals surface area contributed by atoms with Crippen molar-refractivity contribution in [3.63, 3.8) is 0 Å². The molecule has 5 heteroatoms. The van der Waals surface area contributed by atoms with Crippen LogP contribution < -0.4 is 0 Å². The van der Waals surface area contributed by atoms with Gasteiger partial charge in [-0.15, -0.1) is 0 Å². The first-order chi connectivity index (χ1) is 8.06. The van der Waals surface area contributed by atoms with E-state index in [4.69, 9.17) is 11.6 Å². The van der Waals surface area contributed by atoms with Gasteiger partial charge in [-0.2, -0.15) is 0 Å². The van der Waals surface area contributed by atoms with Crippen molar-refractivity contribution in [3.05, 3.63) is 46.0 Å². The van der Waals surface area contributed by atoms with Gasteiger partial charge in [0.1, 0.15) is 0 Å².